The summed E-state index contributed by atoms with van der Waals surface area (Å²) in [6, 6.07) is 0. The van der Waals surface area contributed by atoms with E-state index in [0.29, 0.717) is 6.10 Å². The Hall–Kier alpha value is -0.460. The molecule has 0 aromatic heterocycles. The highest BCUT2D eigenvalue weighted by molar-refractivity contribution is 4.99. The van der Waals surface area contributed by atoms with E-state index in [1.54, 1.807) is 0 Å². The predicted octanol–water partition coefficient (Wildman–Crippen LogP) is 2.34. The van der Waals surface area contributed by atoms with Crippen LogP contribution in [0.5, 0.6) is 0 Å². The summed E-state index contributed by atoms with van der Waals surface area (Å²) >= 11 is 0. The summed E-state index contributed by atoms with van der Waals surface area (Å²) in [6.07, 6.45) is 8.65. The highest BCUT2D eigenvalue weighted by Gasteiger charge is 2.32. The first-order valence-corrected chi connectivity index (χ1v) is 4.20. The zero-order chi connectivity index (χ0) is 6.97. The van der Waals surface area contributed by atoms with Gasteiger partial charge in [0.25, 0.3) is 0 Å². The van der Waals surface area contributed by atoms with Crippen LogP contribution in [0.2, 0.25) is 0 Å². The molecule has 1 heteroatoms. The average molecular weight is 138 g/mol. The van der Waals surface area contributed by atoms with Crippen molar-refractivity contribution in [3.63, 3.8) is 0 Å². The van der Waals surface area contributed by atoms with Gasteiger partial charge in [0.05, 0.1) is 6.26 Å². The van der Waals surface area contributed by atoms with Gasteiger partial charge in [-0.2, -0.15) is 0 Å². The van der Waals surface area contributed by atoms with Gasteiger partial charge in [-0.05, 0) is 31.3 Å². The lowest BCUT2D eigenvalue weighted by Crippen LogP contribution is -2.27. The van der Waals surface area contributed by atoms with E-state index < -0.39 is 0 Å². The van der Waals surface area contributed by atoms with E-state index in [-0.39, 0.29) is 0 Å². The Bertz CT molecular complexity index is 151. The number of hydrogen-bond acceptors (Lipinski definition) is 1. The molecule has 0 aromatic rings. The molecule has 56 valence electrons. The van der Waals surface area contributed by atoms with Crippen LogP contribution in [0.25, 0.3) is 0 Å². The highest BCUT2D eigenvalue weighted by atomic mass is 16.5. The summed E-state index contributed by atoms with van der Waals surface area (Å²) in [5.74, 6) is 1.58. The minimum atomic E-state index is 0.531. The Morgan fingerprint density at radius 1 is 1.40 bits per heavy atom. The molecule has 1 nitrogen and oxygen atoms in total. The summed E-state index contributed by atoms with van der Waals surface area (Å²) in [5, 5.41) is 0. The summed E-state index contributed by atoms with van der Waals surface area (Å²) < 4.78 is 5.45. The molecule has 2 aliphatic rings. The lowest BCUT2D eigenvalue weighted by Gasteiger charge is -2.29. The first-order valence-electron chi connectivity index (χ1n) is 4.20. The molecule has 0 saturated heterocycles. The first kappa shape index (κ1) is 6.26. The van der Waals surface area contributed by atoms with Crippen LogP contribution < -0.4 is 0 Å². The van der Waals surface area contributed by atoms with Crippen molar-refractivity contribution in [2.45, 2.75) is 32.3 Å². The van der Waals surface area contributed by atoms with Gasteiger partial charge in [-0.1, -0.05) is 6.92 Å². The van der Waals surface area contributed by atoms with E-state index in [4.69, 9.17) is 4.74 Å². The van der Waals surface area contributed by atoms with E-state index in [1.807, 2.05) is 6.26 Å². The SMILES string of the molecule is CC1CCCC2OC=CC12. The first-order chi connectivity index (χ1) is 4.88. The second-order valence-electron chi connectivity index (χ2n) is 3.49. The zero-order valence-corrected chi connectivity index (χ0v) is 6.42. The highest BCUT2D eigenvalue weighted by Crippen LogP contribution is 2.35. The lowest BCUT2D eigenvalue weighted by molar-refractivity contribution is 0.0749. The smallest absolute Gasteiger partial charge is 0.104 e. The van der Waals surface area contributed by atoms with Crippen LogP contribution in [0.1, 0.15) is 26.2 Å². The van der Waals surface area contributed by atoms with Crippen LogP contribution in [0.15, 0.2) is 12.3 Å². The second-order valence-corrected chi connectivity index (χ2v) is 3.49. The topological polar surface area (TPSA) is 9.23 Å². The summed E-state index contributed by atoms with van der Waals surface area (Å²) in [4.78, 5) is 0. The van der Waals surface area contributed by atoms with Gasteiger partial charge in [-0.3, -0.25) is 0 Å². The van der Waals surface area contributed by atoms with Gasteiger partial charge in [0.2, 0.25) is 0 Å². The van der Waals surface area contributed by atoms with E-state index in [1.165, 1.54) is 19.3 Å². The maximum Gasteiger partial charge on any atom is 0.104 e. The molecule has 0 radical (unpaired) electrons. The van der Waals surface area contributed by atoms with E-state index >= 15 is 0 Å². The second kappa shape index (κ2) is 2.30. The van der Waals surface area contributed by atoms with Gasteiger partial charge in [0, 0.05) is 5.92 Å². The fourth-order valence-electron chi connectivity index (χ4n) is 2.10. The monoisotopic (exact) mass is 138 g/mol. The van der Waals surface area contributed by atoms with Crippen LogP contribution in [0.3, 0.4) is 0 Å². The molecule has 1 fully saturated rings. The molecule has 0 aromatic carbocycles. The molecule has 0 bridgehead atoms. The largest absolute Gasteiger partial charge is 0.498 e. The van der Waals surface area contributed by atoms with Gasteiger partial charge in [-0.15, -0.1) is 0 Å². The third-order valence-corrected chi connectivity index (χ3v) is 2.79. The van der Waals surface area contributed by atoms with Crippen molar-refractivity contribution in [2.24, 2.45) is 11.8 Å². The molecule has 1 aliphatic carbocycles. The normalized spacial score (nSPS) is 44.7. The molecule has 0 spiro atoms. The molecule has 0 amide bonds. The van der Waals surface area contributed by atoms with Gasteiger partial charge < -0.3 is 4.74 Å². The van der Waals surface area contributed by atoms with Crippen molar-refractivity contribution in [1.29, 1.82) is 0 Å². The Kier molecular flexibility index (Phi) is 1.44. The van der Waals surface area contributed by atoms with E-state index in [0.717, 1.165) is 11.8 Å². The molecule has 3 atom stereocenters. The Morgan fingerprint density at radius 3 is 3.10 bits per heavy atom. The van der Waals surface area contributed by atoms with Crippen molar-refractivity contribution in [1.82, 2.24) is 0 Å². The van der Waals surface area contributed by atoms with Crippen LogP contribution in [-0.4, -0.2) is 6.10 Å². The molecule has 2 rings (SSSR count). The van der Waals surface area contributed by atoms with Gasteiger partial charge in [-0.25, -0.2) is 0 Å². The molecule has 3 unspecified atom stereocenters. The van der Waals surface area contributed by atoms with Crippen LogP contribution in [-0.2, 0) is 4.74 Å². The number of ether oxygens (including phenoxy) is 1. The minimum Gasteiger partial charge on any atom is -0.498 e. The molecule has 10 heavy (non-hydrogen) atoms. The number of fused-ring (bicyclic) bond motifs is 1. The van der Waals surface area contributed by atoms with Crippen molar-refractivity contribution in [3.8, 4) is 0 Å². The van der Waals surface area contributed by atoms with Gasteiger partial charge in [0.15, 0.2) is 0 Å². The maximum absolute atomic E-state index is 5.45. The molecule has 1 heterocycles. The Morgan fingerprint density at radius 2 is 2.30 bits per heavy atom. The number of rotatable bonds is 0. The van der Waals surface area contributed by atoms with Crippen molar-refractivity contribution in [3.05, 3.63) is 12.3 Å². The van der Waals surface area contributed by atoms with Crippen molar-refractivity contribution in [2.75, 3.05) is 0 Å². The maximum atomic E-state index is 5.45. The molecule has 1 aliphatic heterocycles. The standard InChI is InChI=1S/C9H14O/c1-7-3-2-4-9-8(7)5-6-10-9/h5-9H,2-4H2,1H3. The lowest BCUT2D eigenvalue weighted by atomic mass is 9.79. The van der Waals surface area contributed by atoms with Crippen LogP contribution in [0, 0.1) is 11.8 Å². The predicted molar refractivity (Wildman–Crippen MR) is 40.5 cm³/mol. The van der Waals surface area contributed by atoms with Crippen LogP contribution >= 0.6 is 0 Å². The molecular formula is C9H14O. The minimum absolute atomic E-state index is 0.531. The Balaban J connectivity index is 2.08. The fourth-order valence-corrected chi connectivity index (χ4v) is 2.10. The summed E-state index contributed by atoms with van der Waals surface area (Å²) in [6.45, 7) is 2.33. The van der Waals surface area contributed by atoms with Gasteiger partial charge in [0.1, 0.15) is 6.10 Å². The zero-order valence-electron chi connectivity index (χ0n) is 6.42. The molecule has 0 N–H and O–H groups in total. The molecular weight excluding hydrogens is 124 g/mol. The van der Waals surface area contributed by atoms with E-state index in [9.17, 15) is 0 Å². The molecule has 1 saturated carbocycles. The van der Waals surface area contributed by atoms with Crippen LogP contribution in [0.4, 0.5) is 0 Å². The quantitative estimate of drug-likeness (QED) is 0.499. The summed E-state index contributed by atoms with van der Waals surface area (Å²) in [5.41, 5.74) is 0. The summed E-state index contributed by atoms with van der Waals surface area (Å²) in [7, 11) is 0. The van der Waals surface area contributed by atoms with Gasteiger partial charge >= 0.3 is 0 Å². The third-order valence-electron chi connectivity index (χ3n) is 2.79. The average Bonchev–Trinajstić information content (AvgIpc) is 2.36. The number of hydrogen-bond donors (Lipinski definition) is 0. The van der Waals surface area contributed by atoms with Crippen molar-refractivity contribution < 1.29 is 4.74 Å². The third kappa shape index (κ3) is 0.845. The van der Waals surface area contributed by atoms with Crippen molar-refractivity contribution >= 4 is 0 Å². The van der Waals surface area contributed by atoms with E-state index in [2.05, 4.69) is 13.0 Å². The Labute approximate surface area is 62.1 Å². The fraction of sp³-hybridized carbons (Fsp3) is 0.778.